The molecule has 0 saturated heterocycles. The molecule has 1 aromatic heterocycles. The molecule has 2 aromatic carbocycles. The van der Waals surface area contributed by atoms with Crippen LogP contribution in [0.15, 0.2) is 29.2 Å². The van der Waals surface area contributed by atoms with Gasteiger partial charge < -0.3 is 18.8 Å². The maximum atomic E-state index is 15.2. The van der Waals surface area contributed by atoms with Crippen molar-refractivity contribution in [3.05, 3.63) is 63.5 Å². The van der Waals surface area contributed by atoms with Gasteiger partial charge in [-0.3, -0.25) is 10.1 Å². The number of nitrogens with one attached hydrogen (secondary N) is 1. The van der Waals surface area contributed by atoms with E-state index in [1.54, 1.807) is 20.8 Å². The molecule has 0 aliphatic heterocycles. The maximum Gasteiger partial charge on any atom is 0.412 e. The summed E-state index contributed by atoms with van der Waals surface area (Å²) in [4.78, 5) is 37.9. The average molecular weight is 538 g/mol. The molecule has 1 N–H and O–H groups in total. The molecule has 0 spiro atoms. The Morgan fingerprint density at radius 1 is 1.03 bits per heavy atom. The van der Waals surface area contributed by atoms with E-state index in [0.717, 1.165) is 16.8 Å². The van der Waals surface area contributed by atoms with Crippen LogP contribution in [0.3, 0.4) is 0 Å². The largest absolute Gasteiger partial charge is 0.486 e. The normalized spacial score (nSPS) is 11.6. The summed E-state index contributed by atoms with van der Waals surface area (Å²) in [5.41, 5.74) is -4.11. The van der Waals surface area contributed by atoms with Gasteiger partial charge in [0, 0.05) is 12.3 Å². The summed E-state index contributed by atoms with van der Waals surface area (Å²) >= 11 is 0. The van der Waals surface area contributed by atoms with Gasteiger partial charge >= 0.3 is 12.1 Å². The first-order chi connectivity index (χ1) is 17.6. The van der Waals surface area contributed by atoms with Gasteiger partial charge in [-0.1, -0.05) is 0 Å². The van der Waals surface area contributed by atoms with Crippen LogP contribution in [0.2, 0.25) is 0 Å². The molecule has 0 radical (unpaired) electrons. The minimum absolute atomic E-state index is 0.120. The van der Waals surface area contributed by atoms with E-state index in [9.17, 15) is 27.6 Å². The monoisotopic (exact) mass is 538 g/mol. The van der Waals surface area contributed by atoms with Crippen molar-refractivity contribution in [2.45, 2.75) is 53.2 Å². The smallest absolute Gasteiger partial charge is 0.412 e. The molecule has 1 heterocycles. The summed E-state index contributed by atoms with van der Waals surface area (Å²) in [6, 6.07) is 1.81. The number of amides is 1. The van der Waals surface area contributed by atoms with Crippen molar-refractivity contribution in [1.82, 2.24) is 4.57 Å². The molecular weight excluding hydrogens is 512 g/mol. The first-order valence-electron chi connectivity index (χ1n) is 11.5. The fourth-order valence-corrected chi connectivity index (χ4v) is 3.52. The average Bonchev–Trinajstić information content (AvgIpc) is 2.78. The SMILES string of the molecule is CCOC(=O)c1cn(-c2cc(NC(=O)OC(C)(C)C)c(F)cc2F)c2c(OC(C)C)c(F)c(F)cc2c1=O. The second kappa shape index (κ2) is 10.7. The molecule has 1 amide bonds. The molecule has 0 atom stereocenters. The molecule has 0 unspecified atom stereocenters. The van der Waals surface area contributed by atoms with Gasteiger partial charge in [0.25, 0.3) is 0 Å². The number of hydrogen-bond donors (Lipinski definition) is 1. The van der Waals surface area contributed by atoms with Crippen LogP contribution in [0.5, 0.6) is 5.75 Å². The summed E-state index contributed by atoms with van der Waals surface area (Å²) in [5.74, 6) is -7.18. The van der Waals surface area contributed by atoms with Crippen LogP contribution >= 0.6 is 0 Å². The predicted molar refractivity (Wildman–Crippen MR) is 131 cm³/mol. The number of fused-ring (bicyclic) bond motifs is 1. The third-order valence-electron chi connectivity index (χ3n) is 4.92. The fourth-order valence-electron chi connectivity index (χ4n) is 3.52. The number of benzene rings is 2. The Bertz CT molecular complexity index is 1480. The highest BCUT2D eigenvalue weighted by atomic mass is 19.2. The van der Waals surface area contributed by atoms with E-state index >= 15 is 4.39 Å². The molecule has 0 aliphatic rings. The van der Waals surface area contributed by atoms with Crippen molar-refractivity contribution < 1.29 is 41.4 Å². The van der Waals surface area contributed by atoms with Crippen LogP contribution in [-0.2, 0) is 9.47 Å². The molecule has 204 valence electrons. The molecule has 0 aliphatic carbocycles. The number of carbonyl (C=O) groups is 2. The molecular formula is C26H26F4N2O6. The fraction of sp³-hybridized carbons (Fsp3) is 0.346. The van der Waals surface area contributed by atoms with Crippen LogP contribution < -0.4 is 15.5 Å². The predicted octanol–water partition coefficient (Wildman–Crippen LogP) is 5.86. The summed E-state index contributed by atoms with van der Waals surface area (Å²) < 4.78 is 75.5. The Balaban J connectivity index is 2.41. The number of nitrogens with zero attached hydrogens (tertiary/aromatic N) is 1. The number of aromatic nitrogens is 1. The Morgan fingerprint density at radius 2 is 1.68 bits per heavy atom. The number of esters is 1. The lowest BCUT2D eigenvalue weighted by molar-refractivity contribution is 0.0523. The quantitative estimate of drug-likeness (QED) is 0.312. The van der Waals surface area contributed by atoms with Crippen molar-refractivity contribution in [3.63, 3.8) is 0 Å². The standard InChI is InChI=1S/C26H26F4N2O6/c1-7-36-24(34)14-11-32(21-13(22(14)33)8-17(29)20(30)23(21)37-12(2)3)19-10-18(15(27)9-16(19)28)31-25(35)38-26(4,5)6/h8-12H,7H2,1-6H3,(H,31,35). The Morgan fingerprint density at radius 3 is 2.26 bits per heavy atom. The number of anilines is 1. The minimum Gasteiger partial charge on any atom is -0.486 e. The first-order valence-corrected chi connectivity index (χ1v) is 11.5. The first kappa shape index (κ1) is 28.5. The van der Waals surface area contributed by atoms with Gasteiger partial charge in [-0.25, -0.2) is 22.8 Å². The van der Waals surface area contributed by atoms with E-state index < -0.39 is 86.1 Å². The number of hydrogen-bond acceptors (Lipinski definition) is 6. The molecule has 0 saturated carbocycles. The summed E-state index contributed by atoms with van der Waals surface area (Å²) in [6.45, 7) is 9.10. The number of carbonyl (C=O) groups excluding carboxylic acids is 2. The lowest BCUT2D eigenvalue weighted by Gasteiger charge is -2.21. The Hall–Kier alpha value is -4.09. The Kier molecular flexibility index (Phi) is 8.03. The van der Waals surface area contributed by atoms with E-state index in [-0.39, 0.29) is 6.61 Å². The molecule has 3 aromatic rings. The van der Waals surface area contributed by atoms with Gasteiger partial charge in [0.15, 0.2) is 11.6 Å². The summed E-state index contributed by atoms with van der Waals surface area (Å²) in [7, 11) is 0. The number of halogens is 4. The molecule has 38 heavy (non-hydrogen) atoms. The topological polar surface area (TPSA) is 95.9 Å². The van der Waals surface area contributed by atoms with Crippen LogP contribution in [-0.4, -0.2) is 34.9 Å². The van der Waals surface area contributed by atoms with E-state index in [1.807, 2.05) is 0 Å². The van der Waals surface area contributed by atoms with Gasteiger partial charge in [-0.05, 0) is 53.7 Å². The summed E-state index contributed by atoms with van der Waals surface area (Å²) in [5, 5.41) is 1.62. The number of rotatable bonds is 6. The second-order valence-corrected chi connectivity index (χ2v) is 9.44. The lowest BCUT2D eigenvalue weighted by atomic mass is 10.1. The van der Waals surface area contributed by atoms with Gasteiger partial charge in [0.2, 0.25) is 11.2 Å². The second-order valence-electron chi connectivity index (χ2n) is 9.44. The zero-order valence-corrected chi connectivity index (χ0v) is 21.5. The van der Waals surface area contributed by atoms with Gasteiger partial charge in [-0.15, -0.1) is 0 Å². The van der Waals surface area contributed by atoms with Crippen LogP contribution in [0, 0.1) is 23.3 Å². The molecule has 3 rings (SSSR count). The van der Waals surface area contributed by atoms with Crippen LogP contribution in [0.1, 0.15) is 51.9 Å². The van der Waals surface area contributed by atoms with Crippen molar-refractivity contribution >= 4 is 28.7 Å². The van der Waals surface area contributed by atoms with E-state index in [0.29, 0.717) is 12.1 Å². The lowest BCUT2D eigenvalue weighted by Crippen LogP contribution is -2.27. The minimum atomic E-state index is -1.47. The Labute approximate surface area is 215 Å². The highest BCUT2D eigenvalue weighted by Crippen LogP contribution is 2.34. The number of pyridine rings is 1. The molecule has 0 fully saturated rings. The molecule has 0 bridgehead atoms. The van der Waals surface area contributed by atoms with Gasteiger partial charge in [0.1, 0.15) is 28.3 Å². The highest BCUT2D eigenvalue weighted by Gasteiger charge is 2.27. The van der Waals surface area contributed by atoms with Crippen molar-refractivity contribution in [1.29, 1.82) is 0 Å². The van der Waals surface area contributed by atoms with Crippen LogP contribution in [0.25, 0.3) is 16.6 Å². The third-order valence-corrected chi connectivity index (χ3v) is 4.92. The number of ether oxygens (including phenoxy) is 3. The van der Waals surface area contributed by atoms with E-state index in [2.05, 4.69) is 5.32 Å². The maximum absolute atomic E-state index is 15.2. The van der Waals surface area contributed by atoms with E-state index in [4.69, 9.17) is 14.2 Å². The highest BCUT2D eigenvalue weighted by molar-refractivity contribution is 5.96. The zero-order valence-electron chi connectivity index (χ0n) is 21.5. The summed E-state index contributed by atoms with van der Waals surface area (Å²) in [6.07, 6.45) is -0.922. The van der Waals surface area contributed by atoms with Crippen molar-refractivity contribution in [3.8, 4) is 11.4 Å². The van der Waals surface area contributed by atoms with Gasteiger partial charge in [-0.2, -0.15) is 4.39 Å². The zero-order chi connectivity index (χ0) is 28.5. The molecule has 12 heteroatoms. The van der Waals surface area contributed by atoms with E-state index in [1.165, 1.54) is 20.8 Å². The van der Waals surface area contributed by atoms with Crippen molar-refractivity contribution in [2.75, 3.05) is 11.9 Å². The third kappa shape index (κ3) is 5.90. The van der Waals surface area contributed by atoms with Gasteiger partial charge in [0.05, 0.1) is 29.5 Å². The van der Waals surface area contributed by atoms with Crippen molar-refractivity contribution in [2.24, 2.45) is 0 Å². The molecule has 8 nitrogen and oxygen atoms in total. The van der Waals surface area contributed by atoms with Crippen LogP contribution in [0.4, 0.5) is 28.0 Å².